The Kier molecular flexibility index (Phi) is 3.88. The van der Waals surface area contributed by atoms with Gasteiger partial charge in [-0.15, -0.1) is 0 Å². The van der Waals surface area contributed by atoms with E-state index in [1.165, 1.54) is 5.56 Å². The third-order valence-electron chi connectivity index (χ3n) is 3.65. The second kappa shape index (κ2) is 5.14. The van der Waals surface area contributed by atoms with Crippen molar-refractivity contribution in [1.29, 1.82) is 0 Å². The fourth-order valence-electron chi connectivity index (χ4n) is 3.01. The lowest BCUT2D eigenvalue weighted by molar-refractivity contribution is -0.0505. The van der Waals surface area contributed by atoms with E-state index in [-0.39, 0.29) is 17.7 Å². The second-order valence-electron chi connectivity index (χ2n) is 6.25. The van der Waals surface area contributed by atoms with Gasteiger partial charge in [-0.2, -0.15) is 0 Å². The summed E-state index contributed by atoms with van der Waals surface area (Å²) in [5, 5.41) is 3.61. The molecule has 1 aromatic rings. The number of ether oxygens (including phenoxy) is 2. The fraction of sp³-hybridized carbons (Fsp3) is 0.625. The van der Waals surface area contributed by atoms with Crippen LogP contribution >= 0.6 is 0 Å². The van der Waals surface area contributed by atoms with Gasteiger partial charge >= 0.3 is 0 Å². The normalized spacial score (nSPS) is 26.2. The molecule has 19 heavy (non-hydrogen) atoms. The summed E-state index contributed by atoms with van der Waals surface area (Å²) in [5.41, 5.74) is 3.59. The monoisotopic (exact) mass is 263 g/mol. The van der Waals surface area contributed by atoms with E-state index in [2.05, 4.69) is 52.1 Å². The molecule has 1 N–H and O–H groups in total. The summed E-state index contributed by atoms with van der Waals surface area (Å²) in [6.07, 6.45) is 0.0431. The molecule has 2 rings (SSSR count). The number of methoxy groups -OCH3 is 1. The van der Waals surface area contributed by atoms with Crippen molar-refractivity contribution >= 4 is 0 Å². The van der Waals surface area contributed by atoms with Gasteiger partial charge in [-0.05, 0) is 46.2 Å². The molecule has 0 bridgehead atoms. The quantitative estimate of drug-likeness (QED) is 0.889. The number of morpholine rings is 1. The molecule has 0 radical (unpaired) electrons. The maximum Gasteiger partial charge on any atom is 0.127 e. The van der Waals surface area contributed by atoms with Crippen LogP contribution in [0.25, 0.3) is 0 Å². The third-order valence-corrected chi connectivity index (χ3v) is 3.65. The lowest BCUT2D eigenvalue weighted by Crippen LogP contribution is -2.55. The lowest BCUT2D eigenvalue weighted by atomic mass is 9.93. The molecule has 0 spiro atoms. The first kappa shape index (κ1) is 14.4. The summed E-state index contributed by atoms with van der Waals surface area (Å²) in [7, 11) is 1.73. The molecule has 1 aliphatic heterocycles. The summed E-state index contributed by atoms with van der Waals surface area (Å²) in [4.78, 5) is 0. The minimum absolute atomic E-state index is 0.0298. The van der Waals surface area contributed by atoms with E-state index < -0.39 is 0 Å². The molecule has 1 saturated heterocycles. The molecule has 106 valence electrons. The summed E-state index contributed by atoms with van der Waals surface area (Å²) in [5.74, 6) is 0.948. The molecule has 2 unspecified atom stereocenters. The maximum absolute atomic E-state index is 6.10. The number of hydrogen-bond acceptors (Lipinski definition) is 3. The highest BCUT2D eigenvalue weighted by Gasteiger charge is 2.34. The molecular formula is C16H25NO2. The van der Waals surface area contributed by atoms with Gasteiger partial charge < -0.3 is 14.8 Å². The highest BCUT2D eigenvalue weighted by Crippen LogP contribution is 2.36. The van der Waals surface area contributed by atoms with E-state index >= 15 is 0 Å². The Morgan fingerprint density at radius 3 is 2.58 bits per heavy atom. The molecule has 0 aromatic heterocycles. The van der Waals surface area contributed by atoms with Crippen molar-refractivity contribution in [2.75, 3.05) is 13.7 Å². The molecule has 1 aliphatic rings. The first-order valence-corrected chi connectivity index (χ1v) is 6.88. The van der Waals surface area contributed by atoms with Gasteiger partial charge in [0.05, 0.1) is 13.7 Å². The van der Waals surface area contributed by atoms with Gasteiger partial charge in [0.25, 0.3) is 0 Å². The zero-order valence-electron chi connectivity index (χ0n) is 12.8. The smallest absolute Gasteiger partial charge is 0.127 e. The Morgan fingerprint density at radius 2 is 2.00 bits per heavy atom. The van der Waals surface area contributed by atoms with E-state index in [0.717, 1.165) is 16.9 Å². The average molecular weight is 263 g/mol. The van der Waals surface area contributed by atoms with E-state index in [1.54, 1.807) is 7.11 Å². The van der Waals surface area contributed by atoms with Crippen LogP contribution in [0.4, 0.5) is 0 Å². The Balaban J connectivity index is 2.37. The molecule has 0 aliphatic carbocycles. The Labute approximate surface area is 116 Å². The number of nitrogens with one attached hydrogen (secondary N) is 1. The van der Waals surface area contributed by atoms with Crippen LogP contribution in [0.3, 0.4) is 0 Å². The van der Waals surface area contributed by atoms with Crippen LogP contribution < -0.4 is 10.1 Å². The molecule has 0 saturated carbocycles. The zero-order chi connectivity index (χ0) is 14.2. The van der Waals surface area contributed by atoms with E-state index in [0.29, 0.717) is 6.61 Å². The highest BCUT2D eigenvalue weighted by atomic mass is 16.5. The van der Waals surface area contributed by atoms with Crippen molar-refractivity contribution in [3.63, 3.8) is 0 Å². The van der Waals surface area contributed by atoms with Crippen molar-refractivity contribution in [2.24, 2.45) is 0 Å². The van der Waals surface area contributed by atoms with Crippen molar-refractivity contribution in [3.8, 4) is 5.75 Å². The van der Waals surface area contributed by atoms with Gasteiger partial charge in [-0.1, -0.05) is 11.6 Å². The SMILES string of the molecule is COc1c(C)cc(C)cc1C1OCC(C)(C)NC1C. The summed E-state index contributed by atoms with van der Waals surface area (Å²) in [6.45, 7) is 11.4. The van der Waals surface area contributed by atoms with Crippen LogP contribution in [-0.4, -0.2) is 25.3 Å². The summed E-state index contributed by atoms with van der Waals surface area (Å²) in [6, 6.07) is 4.58. The lowest BCUT2D eigenvalue weighted by Gasteiger charge is -2.41. The maximum atomic E-state index is 6.10. The topological polar surface area (TPSA) is 30.5 Å². The number of rotatable bonds is 2. The third kappa shape index (κ3) is 2.93. The van der Waals surface area contributed by atoms with Crippen molar-refractivity contribution in [2.45, 2.75) is 52.3 Å². The zero-order valence-corrected chi connectivity index (χ0v) is 12.8. The highest BCUT2D eigenvalue weighted by molar-refractivity contribution is 5.45. The second-order valence-corrected chi connectivity index (χ2v) is 6.25. The van der Waals surface area contributed by atoms with Crippen molar-refractivity contribution in [1.82, 2.24) is 5.32 Å². The van der Waals surface area contributed by atoms with Gasteiger partial charge in [-0.3, -0.25) is 0 Å². The Bertz CT molecular complexity index is 468. The number of hydrogen-bond donors (Lipinski definition) is 1. The molecule has 1 fully saturated rings. The molecule has 2 atom stereocenters. The first-order chi connectivity index (χ1) is 8.84. The van der Waals surface area contributed by atoms with Crippen molar-refractivity contribution < 1.29 is 9.47 Å². The summed E-state index contributed by atoms with van der Waals surface area (Å²) >= 11 is 0. The van der Waals surface area contributed by atoms with Crippen molar-refractivity contribution in [3.05, 3.63) is 28.8 Å². The predicted octanol–water partition coefficient (Wildman–Crippen LogP) is 3.14. The van der Waals surface area contributed by atoms with Gasteiger partial charge in [0.15, 0.2) is 0 Å². The standard InChI is InChI=1S/C16H25NO2/c1-10-7-11(2)14(18-6)13(8-10)15-12(3)17-16(4,5)9-19-15/h7-8,12,15,17H,9H2,1-6H3. The molecule has 1 aromatic carbocycles. The Hall–Kier alpha value is -1.06. The van der Waals surface area contributed by atoms with Crippen LogP contribution in [0.5, 0.6) is 5.75 Å². The Morgan fingerprint density at radius 1 is 1.32 bits per heavy atom. The molecule has 3 nitrogen and oxygen atoms in total. The molecule has 1 heterocycles. The van der Waals surface area contributed by atoms with Crippen LogP contribution in [0.2, 0.25) is 0 Å². The van der Waals surface area contributed by atoms with Crippen LogP contribution in [0, 0.1) is 13.8 Å². The predicted molar refractivity (Wildman–Crippen MR) is 77.8 cm³/mol. The molecule has 3 heteroatoms. The summed E-state index contributed by atoms with van der Waals surface area (Å²) < 4.78 is 11.7. The van der Waals surface area contributed by atoms with Gasteiger partial charge in [0.2, 0.25) is 0 Å². The molecule has 0 amide bonds. The first-order valence-electron chi connectivity index (χ1n) is 6.88. The minimum atomic E-state index is 0.0298. The number of benzene rings is 1. The fourth-order valence-corrected chi connectivity index (χ4v) is 3.01. The minimum Gasteiger partial charge on any atom is -0.496 e. The van der Waals surface area contributed by atoms with Gasteiger partial charge in [-0.25, -0.2) is 0 Å². The van der Waals surface area contributed by atoms with Gasteiger partial charge in [0.1, 0.15) is 11.9 Å². The average Bonchev–Trinajstić information content (AvgIpc) is 2.26. The van der Waals surface area contributed by atoms with Crippen LogP contribution in [0.1, 0.15) is 43.6 Å². The van der Waals surface area contributed by atoms with E-state index in [9.17, 15) is 0 Å². The van der Waals surface area contributed by atoms with Gasteiger partial charge in [0, 0.05) is 17.1 Å². The molecular weight excluding hydrogens is 238 g/mol. The van der Waals surface area contributed by atoms with E-state index in [4.69, 9.17) is 9.47 Å². The largest absolute Gasteiger partial charge is 0.496 e. The van der Waals surface area contributed by atoms with Crippen LogP contribution in [-0.2, 0) is 4.74 Å². The number of aryl methyl sites for hydroxylation is 2. The van der Waals surface area contributed by atoms with Crippen LogP contribution in [0.15, 0.2) is 12.1 Å². The van der Waals surface area contributed by atoms with E-state index in [1.807, 2.05) is 0 Å².